The van der Waals surface area contributed by atoms with Crippen molar-refractivity contribution < 1.29 is 4.79 Å². The first-order valence-corrected chi connectivity index (χ1v) is 9.04. The highest BCUT2D eigenvalue weighted by molar-refractivity contribution is 7.22. The first-order chi connectivity index (χ1) is 12.1. The lowest BCUT2D eigenvalue weighted by atomic mass is 10.2. The minimum absolute atomic E-state index is 0.223. The summed E-state index contributed by atoms with van der Waals surface area (Å²) in [6.45, 7) is 1.75. The lowest BCUT2D eigenvalue weighted by Crippen LogP contribution is -2.29. The molecule has 0 aliphatic rings. The Kier molecular flexibility index (Phi) is 3.90. The van der Waals surface area contributed by atoms with Crippen molar-refractivity contribution in [1.29, 1.82) is 0 Å². The number of hydrogen-bond acceptors (Lipinski definition) is 7. The Balaban J connectivity index is 1.52. The molecule has 0 aliphatic carbocycles. The lowest BCUT2D eigenvalue weighted by Gasteiger charge is -1.99. The van der Waals surface area contributed by atoms with E-state index in [0.717, 1.165) is 20.5 Å². The Morgan fingerprint density at radius 2 is 2.12 bits per heavy atom. The fourth-order valence-electron chi connectivity index (χ4n) is 2.34. The first-order valence-electron chi connectivity index (χ1n) is 7.34. The van der Waals surface area contributed by atoms with E-state index in [1.54, 1.807) is 6.07 Å². The minimum atomic E-state index is -0.460. The fraction of sp³-hybridized carbons (Fsp3) is 0.133. The summed E-state index contributed by atoms with van der Waals surface area (Å²) < 4.78 is 3.18. The number of thiazole rings is 1. The number of carbonyl (C=O) groups is 1. The number of tetrazole rings is 1. The first kappa shape index (κ1) is 15.7. The zero-order chi connectivity index (χ0) is 17.4. The zero-order valence-corrected chi connectivity index (χ0v) is 14.7. The molecule has 0 spiro atoms. The van der Waals surface area contributed by atoms with Crippen molar-refractivity contribution in [1.82, 2.24) is 24.8 Å². The van der Waals surface area contributed by atoms with Gasteiger partial charge >= 0.3 is 5.69 Å². The fourth-order valence-corrected chi connectivity index (χ4v) is 3.96. The molecule has 0 bridgehead atoms. The van der Waals surface area contributed by atoms with E-state index >= 15 is 0 Å². The molecule has 4 aromatic rings. The van der Waals surface area contributed by atoms with Gasteiger partial charge in [0.05, 0.1) is 10.2 Å². The minimum Gasteiger partial charge on any atom is -0.300 e. The summed E-state index contributed by atoms with van der Waals surface area (Å²) in [7, 11) is 0. The van der Waals surface area contributed by atoms with Crippen LogP contribution in [-0.4, -0.2) is 30.7 Å². The smallest absolute Gasteiger partial charge is 0.300 e. The zero-order valence-electron chi connectivity index (χ0n) is 13.0. The molecule has 0 radical (unpaired) electrons. The van der Waals surface area contributed by atoms with Crippen LogP contribution in [0.15, 0.2) is 40.5 Å². The van der Waals surface area contributed by atoms with Crippen molar-refractivity contribution in [2.24, 2.45) is 0 Å². The van der Waals surface area contributed by atoms with Crippen molar-refractivity contribution >= 4 is 43.9 Å². The number of para-hydroxylation sites is 1. The second-order valence-electron chi connectivity index (χ2n) is 5.27. The Morgan fingerprint density at radius 3 is 2.88 bits per heavy atom. The van der Waals surface area contributed by atoms with Gasteiger partial charge in [-0.2, -0.15) is 9.36 Å². The number of hydrogen-bond donors (Lipinski definition) is 1. The highest BCUT2D eigenvalue weighted by Crippen LogP contribution is 2.27. The van der Waals surface area contributed by atoms with Gasteiger partial charge in [-0.25, -0.2) is 9.78 Å². The van der Waals surface area contributed by atoms with E-state index in [9.17, 15) is 9.59 Å². The molecule has 3 aromatic heterocycles. The number of aryl methyl sites for hydroxylation is 1. The summed E-state index contributed by atoms with van der Waals surface area (Å²) in [4.78, 5) is 28.9. The number of nitrogens with one attached hydrogen (secondary N) is 1. The lowest BCUT2D eigenvalue weighted by molar-refractivity contribution is -0.117. The number of carbonyl (C=O) groups excluding carboxylic acids is 1. The third kappa shape index (κ3) is 2.96. The van der Waals surface area contributed by atoms with Gasteiger partial charge in [-0.15, -0.1) is 11.3 Å². The van der Waals surface area contributed by atoms with Crippen LogP contribution in [0.5, 0.6) is 0 Å². The van der Waals surface area contributed by atoms with E-state index in [1.807, 2.05) is 36.6 Å². The van der Waals surface area contributed by atoms with Gasteiger partial charge in [0, 0.05) is 0 Å². The van der Waals surface area contributed by atoms with Crippen LogP contribution < -0.4 is 11.0 Å². The van der Waals surface area contributed by atoms with E-state index in [4.69, 9.17) is 0 Å². The van der Waals surface area contributed by atoms with Gasteiger partial charge in [0.2, 0.25) is 5.91 Å². The molecular formula is C15H12N6O2S2. The van der Waals surface area contributed by atoms with Gasteiger partial charge in [0.1, 0.15) is 11.5 Å². The topological polar surface area (TPSA) is 94.7 Å². The SMILES string of the molecule is Cc1cccc2sc(NC(=O)Cn3nnn(-c4cccs4)c3=O)nc12. The summed E-state index contributed by atoms with van der Waals surface area (Å²) in [6, 6.07) is 9.44. The van der Waals surface area contributed by atoms with Crippen molar-refractivity contribution in [3.63, 3.8) is 0 Å². The Bertz CT molecular complexity index is 1110. The maximum atomic E-state index is 12.3. The summed E-state index contributed by atoms with van der Waals surface area (Å²) in [6.07, 6.45) is 0. The predicted octanol–water partition coefficient (Wildman–Crippen LogP) is 2.05. The highest BCUT2D eigenvalue weighted by atomic mass is 32.1. The molecule has 0 aliphatic heterocycles. The van der Waals surface area contributed by atoms with Crippen LogP contribution >= 0.6 is 22.7 Å². The van der Waals surface area contributed by atoms with E-state index in [1.165, 1.54) is 27.4 Å². The molecule has 1 N–H and O–H groups in total. The summed E-state index contributed by atoms with van der Waals surface area (Å²) in [5.41, 5.74) is 1.45. The molecule has 25 heavy (non-hydrogen) atoms. The number of rotatable bonds is 4. The van der Waals surface area contributed by atoms with Crippen LogP contribution in [0, 0.1) is 6.92 Å². The van der Waals surface area contributed by atoms with Gasteiger partial charge in [-0.3, -0.25) is 4.79 Å². The van der Waals surface area contributed by atoms with E-state index < -0.39 is 5.69 Å². The predicted molar refractivity (Wildman–Crippen MR) is 96.5 cm³/mol. The van der Waals surface area contributed by atoms with Gasteiger partial charge in [0.15, 0.2) is 5.13 Å². The highest BCUT2D eigenvalue weighted by Gasteiger charge is 2.14. The summed E-state index contributed by atoms with van der Waals surface area (Å²) >= 11 is 2.75. The number of aromatic nitrogens is 5. The van der Waals surface area contributed by atoms with Crippen LogP contribution in [0.25, 0.3) is 15.2 Å². The maximum Gasteiger partial charge on any atom is 0.369 e. The number of anilines is 1. The number of nitrogens with zero attached hydrogens (tertiary/aromatic N) is 5. The number of benzene rings is 1. The molecular weight excluding hydrogens is 360 g/mol. The van der Waals surface area contributed by atoms with Gasteiger partial charge in [0.25, 0.3) is 0 Å². The Morgan fingerprint density at radius 1 is 1.24 bits per heavy atom. The third-order valence-corrected chi connectivity index (χ3v) is 5.29. The second-order valence-corrected chi connectivity index (χ2v) is 7.23. The maximum absolute atomic E-state index is 12.3. The van der Waals surface area contributed by atoms with Crippen molar-refractivity contribution in [3.05, 3.63) is 51.8 Å². The molecule has 10 heteroatoms. The monoisotopic (exact) mass is 372 g/mol. The Hall–Kier alpha value is -2.85. The quantitative estimate of drug-likeness (QED) is 0.592. The molecule has 0 saturated heterocycles. The van der Waals surface area contributed by atoms with Crippen LogP contribution in [0.2, 0.25) is 0 Å². The standard InChI is InChI=1S/C15H12N6O2S2/c1-9-4-2-5-10-13(9)17-14(25-10)16-11(22)8-20-15(23)21(19-18-20)12-6-3-7-24-12/h2-7H,8H2,1H3,(H,16,17,22). The van der Waals surface area contributed by atoms with E-state index in [2.05, 4.69) is 20.7 Å². The van der Waals surface area contributed by atoms with E-state index in [0.29, 0.717) is 10.1 Å². The van der Waals surface area contributed by atoms with Gasteiger partial charge in [-0.05, 0) is 46.5 Å². The normalized spacial score (nSPS) is 11.1. The molecule has 4 rings (SSSR count). The van der Waals surface area contributed by atoms with E-state index in [-0.39, 0.29) is 12.5 Å². The number of fused-ring (bicyclic) bond motifs is 1. The summed E-state index contributed by atoms with van der Waals surface area (Å²) in [5.74, 6) is -0.378. The van der Waals surface area contributed by atoms with Crippen molar-refractivity contribution in [2.45, 2.75) is 13.5 Å². The largest absolute Gasteiger partial charge is 0.369 e. The molecule has 0 atom stereocenters. The van der Waals surface area contributed by atoms with Crippen molar-refractivity contribution in [3.8, 4) is 5.00 Å². The number of thiophene rings is 1. The summed E-state index contributed by atoms with van der Waals surface area (Å²) in [5, 5.41) is 13.2. The van der Waals surface area contributed by atoms with Crippen LogP contribution in [0.4, 0.5) is 5.13 Å². The molecule has 0 fully saturated rings. The molecule has 0 saturated carbocycles. The van der Waals surface area contributed by atoms with Crippen LogP contribution in [-0.2, 0) is 11.3 Å². The average molecular weight is 372 g/mol. The molecule has 1 aromatic carbocycles. The molecule has 3 heterocycles. The average Bonchev–Trinajstić information content (AvgIpc) is 3.29. The molecule has 126 valence electrons. The van der Waals surface area contributed by atoms with Crippen LogP contribution in [0.1, 0.15) is 5.56 Å². The van der Waals surface area contributed by atoms with Gasteiger partial charge < -0.3 is 5.32 Å². The Labute approximate surface area is 149 Å². The van der Waals surface area contributed by atoms with Crippen molar-refractivity contribution in [2.75, 3.05) is 5.32 Å². The third-order valence-electron chi connectivity index (χ3n) is 3.51. The van der Waals surface area contributed by atoms with Crippen LogP contribution in [0.3, 0.4) is 0 Å². The second kappa shape index (κ2) is 6.22. The molecule has 8 nitrogen and oxygen atoms in total. The van der Waals surface area contributed by atoms with Gasteiger partial charge in [-0.1, -0.05) is 23.5 Å². The number of amides is 1. The molecule has 1 amide bonds. The molecule has 0 unspecified atom stereocenters.